The predicted octanol–water partition coefficient (Wildman–Crippen LogP) is 4.43. The quantitative estimate of drug-likeness (QED) is 0.887. The third-order valence-corrected chi connectivity index (χ3v) is 3.88. The summed E-state index contributed by atoms with van der Waals surface area (Å²) < 4.78 is 0. The van der Waals surface area contributed by atoms with Gasteiger partial charge in [0.2, 0.25) is 0 Å². The smallest absolute Gasteiger partial charge is 0.101 e. The molecule has 5 heteroatoms. The van der Waals surface area contributed by atoms with Crippen molar-refractivity contribution in [3.63, 3.8) is 0 Å². The van der Waals surface area contributed by atoms with Gasteiger partial charge in [-0.05, 0) is 37.3 Å². The average Bonchev–Trinajstić information content (AvgIpc) is 2.29. The first-order chi connectivity index (χ1) is 8.06. The molecule has 88 valence electrons. The highest BCUT2D eigenvalue weighted by Crippen LogP contribution is 2.32. The van der Waals surface area contributed by atoms with Gasteiger partial charge in [0.25, 0.3) is 0 Å². The Kier molecular flexibility index (Phi) is 3.82. The highest BCUT2D eigenvalue weighted by molar-refractivity contribution is 7.99. The highest BCUT2D eigenvalue weighted by atomic mass is 35.5. The van der Waals surface area contributed by atoms with Crippen LogP contribution in [0.15, 0.2) is 40.3 Å². The van der Waals surface area contributed by atoms with Crippen molar-refractivity contribution in [2.24, 2.45) is 0 Å². The summed E-state index contributed by atoms with van der Waals surface area (Å²) in [7, 11) is 0. The minimum Gasteiger partial charge on any atom is -0.397 e. The van der Waals surface area contributed by atoms with Gasteiger partial charge in [-0.25, -0.2) is 4.98 Å². The second-order valence-electron chi connectivity index (χ2n) is 3.50. The molecule has 0 aliphatic rings. The van der Waals surface area contributed by atoms with Gasteiger partial charge in [0.1, 0.15) is 5.03 Å². The van der Waals surface area contributed by atoms with Crippen molar-refractivity contribution in [1.29, 1.82) is 0 Å². The molecule has 0 saturated carbocycles. The first-order valence-electron chi connectivity index (χ1n) is 4.92. The molecule has 2 nitrogen and oxygen atoms in total. The molecular weight excluding hydrogens is 275 g/mol. The standard InChI is InChI=1S/C12H10Cl2N2S/c1-7-11(15)4-5-12(16-7)17-8-2-3-9(13)10(14)6-8/h2-6H,15H2,1H3. The molecule has 1 aromatic carbocycles. The molecule has 0 bridgehead atoms. The number of nitrogens with zero attached hydrogens (tertiary/aromatic N) is 1. The second-order valence-corrected chi connectivity index (χ2v) is 5.41. The molecule has 0 unspecified atom stereocenters. The number of rotatable bonds is 2. The molecule has 0 spiro atoms. The maximum Gasteiger partial charge on any atom is 0.101 e. The van der Waals surface area contributed by atoms with E-state index in [9.17, 15) is 0 Å². The van der Waals surface area contributed by atoms with Gasteiger partial charge in [-0.1, -0.05) is 35.0 Å². The van der Waals surface area contributed by atoms with Gasteiger partial charge >= 0.3 is 0 Å². The molecule has 0 saturated heterocycles. The maximum atomic E-state index is 5.95. The van der Waals surface area contributed by atoms with E-state index in [1.807, 2.05) is 31.2 Å². The minimum atomic E-state index is 0.545. The summed E-state index contributed by atoms with van der Waals surface area (Å²) in [6.45, 7) is 1.88. The summed E-state index contributed by atoms with van der Waals surface area (Å²) in [6, 6.07) is 9.24. The lowest BCUT2D eigenvalue weighted by molar-refractivity contribution is 1.07. The number of hydrogen-bond donors (Lipinski definition) is 1. The molecule has 17 heavy (non-hydrogen) atoms. The third-order valence-electron chi connectivity index (χ3n) is 2.21. The van der Waals surface area contributed by atoms with E-state index in [-0.39, 0.29) is 0 Å². The topological polar surface area (TPSA) is 38.9 Å². The van der Waals surface area contributed by atoms with Crippen molar-refractivity contribution < 1.29 is 0 Å². The van der Waals surface area contributed by atoms with E-state index < -0.39 is 0 Å². The summed E-state index contributed by atoms with van der Waals surface area (Å²) in [4.78, 5) is 5.38. The Balaban J connectivity index is 2.25. The van der Waals surface area contributed by atoms with Gasteiger partial charge in [0, 0.05) is 4.90 Å². The molecule has 1 aromatic heterocycles. The Hall–Kier alpha value is -0.900. The predicted molar refractivity (Wildman–Crippen MR) is 74.0 cm³/mol. The second kappa shape index (κ2) is 5.17. The van der Waals surface area contributed by atoms with Gasteiger partial charge in [-0.15, -0.1) is 0 Å². The normalized spacial score (nSPS) is 10.5. The van der Waals surface area contributed by atoms with E-state index >= 15 is 0 Å². The van der Waals surface area contributed by atoms with Crippen molar-refractivity contribution in [1.82, 2.24) is 4.98 Å². The number of aromatic nitrogens is 1. The van der Waals surface area contributed by atoms with Crippen LogP contribution < -0.4 is 5.73 Å². The number of hydrogen-bond acceptors (Lipinski definition) is 3. The fraction of sp³-hybridized carbons (Fsp3) is 0.0833. The number of benzene rings is 1. The Morgan fingerprint density at radius 1 is 1.12 bits per heavy atom. The van der Waals surface area contributed by atoms with Crippen LogP contribution in [0.4, 0.5) is 5.69 Å². The summed E-state index contributed by atoms with van der Waals surface area (Å²) in [5.41, 5.74) is 7.24. The van der Waals surface area contributed by atoms with Crippen LogP contribution in [0.2, 0.25) is 10.0 Å². The minimum absolute atomic E-state index is 0.545. The SMILES string of the molecule is Cc1nc(Sc2ccc(Cl)c(Cl)c2)ccc1N. The molecule has 2 N–H and O–H groups in total. The zero-order chi connectivity index (χ0) is 12.4. The van der Waals surface area contributed by atoms with E-state index in [0.29, 0.717) is 15.7 Å². The van der Waals surface area contributed by atoms with Crippen LogP contribution in [0.3, 0.4) is 0 Å². The van der Waals surface area contributed by atoms with Crippen LogP contribution in [0.25, 0.3) is 0 Å². The van der Waals surface area contributed by atoms with E-state index in [2.05, 4.69) is 4.98 Å². The largest absolute Gasteiger partial charge is 0.397 e. The molecule has 0 aliphatic heterocycles. The van der Waals surface area contributed by atoms with Crippen molar-refractivity contribution in [2.75, 3.05) is 5.73 Å². The fourth-order valence-corrected chi connectivity index (χ4v) is 2.50. The Labute approximate surface area is 114 Å². The summed E-state index contributed by atoms with van der Waals surface area (Å²) in [6.07, 6.45) is 0. The molecule has 0 fully saturated rings. The molecule has 0 radical (unpaired) electrons. The van der Waals surface area contributed by atoms with E-state index in [0.717, 1.165) is 15.6 Å². The van der Waals surface area contributed by atoms with Gasteiger partial charge in [-0.3, -0.25) is 0 Å². The van der Waals surface area contributed by atoms with Crippen LogP contribution in [-0.2, 0) is 0 Å². The monoisotopic (exact) mass is 284 g/mol. The Morgan fingerprint density at radius 2 is 1.88 bits per heavy atom. The molecule has 1 heterocycles. The van der Waals surface area contributed by atoms with Crippen LogP contribution in [0.1, 0.15) is 5.69 Å². The summed E-state index contributed by atoms with van der Waals surface area (Å²) in [5, 5.41) is 1.98. The van der Waals surface area contributed by atoms with Crippen LogP contribution in [0.5, 0.6) is 0 Å². The Morgan fingerprint density at radius 3 is 2.53 bits per heavy atom. The van der Waals surface area contributed by atoms with E-state index in [4.69, 9.17) is 28.9 Å². The maximum absolute atomic E-state index is 5.95. The lowest BCUT2D eigenvalue weighted by Crippen LogP contribution is -1.93. The number of halogens is 2. The fourth-order valence-electron chi connectivity index (χ4n) is 1.27. The van der Waals surface area contributed by atoms with Gasteiger partial charge in [0.15, 0.2) is 0 Å². The van der Waals surface area contributed by atoms with Crippen molar-refractivity contribution in [3.05, 3.63) is 46.1 Å². The zero-order valence-corrected chi connectivity index (χ0v) is 11.4. The summed E-state index contributed by atoms with van der Waals surface area (Å²) >= 11 is 13.3. The summed E-state index contributed by atoms with van der Waals surface area (Å²) in [5.74, 6) is 0. The zero-order valence-electron chi connectivity index (χ0n) is 9.08. The molecule has 2 aromatic rings. The van der Waals surface area contributed by atoms with Gasteiger partial charge in [-0.2, -0.15) is 0 Å². The molecule has 0 atom stereocenters. The first-order valence-corrected chi connectivity index (χ1v) is 6.49. The Bertz CT molecular complexity index is 509. The highest BCUT2D eigenvalue weighted by Gasteiger charge is 2.04. The number of nitrogens with two attached hydrogens (primary N) is 1. The first kappa shape index (κ1) is 12.6. The number of pyridine rings is 1. The third kappa shape index (κ3) is 3.06. The average molecular weight is 285 g/mol. The molecule has 0 amide bonds. The van der Waals surface area contributed by atoms with E-state index in [1.165, 1.54) is 11.8 Å². The van der Waals surface area contributed by atoms with Crippen LogP contribution in [-0.4, -0.2) is 4.98 Å². The van der Waals surface area contributed by atoms with Crippen LogP contribution >= 0.6 is 35.0 Å². The molecule has 2 rings (SSSR count). The molecule has 0 aliphatic carbocycles. The number of anilines is 1. The molecular formula is C12H10Cl2N2S. The van der Waals surface area contributed by atoms with Crippen molar-refractivity contribution in [3.8, 4) is 0 Å². The lowest BCUT2D eigenvalue weighted by Gasteiger charge is -2.05. The lowest BCUT2D eigenvalue weighted by atomic mass is 10.3. The van der Waals surface area contributed by atoms with Gasteiger partial charge < -0.3 is 5.73 Å². The van der Waals surface area contributed by atoms with Crippen molar-refractivity contribution >= 4 is 40.7 Å². The van der Waals surface area contributed by atoms with Crippen LogP contribution in [0, 0.1) is 6.92 Å². The van der Waals surface area contributed by atoms with E-state index in [1.54, 1.807) is 6.07 Å². The van der Waals surface area contributed by atoms with Crippen molar-refractivity contribution in [2.45, 2.75) is 16.8 Å². The number of nitrogen functional groups attached to an aromatic ring is 1. The number of aryl methyl sites for hydroxylation is 1. The van der Waals surface area contributed by atoms with Gasteiger partial charge in [0.05, 0.1) is 21.4 Å².